The molecule has 2 aromatic rings. The predicted molar refractivity (Wildman–Crippen MR) is 61.6 cm³/mol. The zero-order valence-corrected chi connectivity index (χ0v) is 8.50. The molecule has 3 nitrogen and oxygen atoms in total. The molecule has 15 heavy (non-hydrogen) atoms. The Morgan fingerprint density at radius 3 is 2.87 bits per heavy atom. The van der Waals surface area contributed by atoms with E-state index in [1.54, 1.807) is 0 Å². The SMILES string of the molecule is C=CC[C@@H](C=C)n1nnc2ccccc21. The van der Waals surface area contributed by atoms with Crippen LogP contribution in [0.25, 0.3) is 11.0 Å². The molecular formula is C12H13N3. The fourth-order valence-corrected chi connectivity index (χ4v) is 1.60. The Morgan fingerprint density at radius 1 is 1.33 bits per heavy atom. The summed E-state index contributed by atoms with van der Waals surface area (Å²) in [6.07, 6.45) is 4.54. The van der Waals surface area contributed by atoms with Crippen molar-refractivity contribution in [1.29, 1.82) is 0 Å². The lowest BCUT2D eigenvalue weighted by molar-refractivity contribution is 0.542. The maximum absolute atomic E-state index is 4.13. The third-order valence-electron chi connectivity index (χ3n) is 2.37. The van der Waals surface area contributed by atoms with Gasteiger partial charge >= 0.3 is 0 Å². The first-order valence-corrected chi connectivity index (χ1v) is 4.90. The van der Waals surface area contributed by atoms with Gasteiger partial charge in [-0.15, -0.1) is 18.3 Å². The number of hydrogen-bond acceptors (Lipinski definition) is 2. The molecule has 1 heterocycles. The minimum Gasteiger partial charge on any atom is -0.237 e. The van der Waals surface area contributed by atoms with Crippen LogP contribution in [0.3, 0.4) is 0 Å². The number of hydrogen-bond donors (Lipinski definition) is 0. The molecule has 0 saturated carbocycles. The highest BCUT2D eigenvalue weighted by Crippen LogP contribution is 2.18. The van der Waals surface area contributed by atoms with Gasteiger partial charge in [0.05, 0.1) is 11.6 Å². The van der Waals surface area contributed by atoms with Gasteiger partial charge in [0, 0.05) is 0 Å². The van der Waals surface area contributed by atoms with E-state index < -0.39 is 0 Å². The maximum Gasteiger partial charge on any atom is 0.113 e. The molecule has 0 aliphatic carbocycles. The van der Waals surface area contributed by atoms with E-state index in [1.165, 1.54) is 0 Å². The summed E-state index contributed by atoms with van der Waals surface area (Å²) in [6.45, 7) is 7.54. The van der Waals surface area contributed by atoms with Gasteiger partial charge in [-0.3, -0.25) is 0 Å². The van der Waals surface area contributed by atoms with Gasteiger partial charge in [-0.25, -0.2) is 4.68 Å². The van der Waals surface area contributed by atoms with Crippen molar-refractivity contribution in [3.8, 4) is 0 Å². The van der Waals surface area contributed by atoms with E-state index in [-0.39, 0.29) is 6.04 Å². The van der Waals surface area contributed by atoms with Crippen molar-refractivity contribution in [2.24, 2.45) is 0 Å². The van der Waals surface area contributed by atoms with Crippen LogP contribution in [0, 0.1) is 0 Å². The summed E-state index contributed by atoms with van der Waals surface area (Å²) in [4.78, 5) is 0. The van der Waals surface area contributed by atoms with Gasteiger partial charge in [-0.2, -0.15) is 0 Å². The molecule has 3 heteroatoms. The average molecular weight is 199 g/mol. The average Bonchev–Trinajstić information content (AvgIpc) is 2.70. The summed E-state index contributed by atoms with van der Waals surface area (Å²) >= 11 is 0. The molecular weight excluding hydrogens is 186 g/mol. The zero-order chi connectivity index (χ0) is 10.7. The Labute approximate surface area is 88.7 Å². The number of fused-ring (bicyclic) bond motifs is 1. The first-order chi connectivity index (χ1) is 7.36. The highest BCUT2D eigenvalue weighted by Gasteiger charge is 2.10. The van der Waals surface area contributed by atoms with Gasteiger partial charge in [0.1, 0.15) is 5.52 Å². The zero-order valence-electron chi connectivity index (χ0n) is 8.50. The van der Waals surface area contributed by atoms with Crippen LogP contribution in [0.4, 0.5) is 0 Å². The molecule has 0 spiro atoms. The fraction of sp³-hybridized carbons (Fsp3) is 0.167. The summed E-state index contributed by atoms with van der Waals surface area (Å²) in [6, 6.07) is 8.03. The molecule has 0 radical (unpaired) electrons. The van der Waals surface area contributed by atoms with E-state index in [1.807, 2.05) is 41.1 Å². The van der Waals surface area contributed by atoms with Crippen LogP contribution in [0.2, 0.25) is 0 Å². The number of rotatable bonds is 4. The highest BCUT2D eigenvalue weighted by molar-refractivity contribution is 5.74. The minimum atomic E-state index is 0.134. The number of benzene rings is 1. The molecule has 0 bridgehead atoms. The van der Waals surface area contributed by atoms with Crippen molar-refractivity contribution in [1.82, 2.24) is 15.0 Å². The molecule has 1 aromatic heterocycles. The maximum atomic E-state index is 4.13. The molecule has 0 N–H and O–H groups in total. The van der Waals surface area contributed by atoms with E-state index in [2.05, 4.69) is 23.5 Å². The molecule has 0 aliphatic heterocycles. The minimum absolute atomic E-state index is 0.134. The van der Waals surface area contributed by atoms with Crippen LogP contribution in [-0.4, -0.2) is 15.0 Å². The van der Waals surface area contributed by atoms with Gasteiger partial charge in [-0.1, -0.05) is 29.5 Å². The molecule has 0 aliphatic rings. The van der Waals surface area contributed by atoms with Crippen LogP contribution >= 0.6 is 0 Å². The number of allylic oxidation sites excluding steroid dienone is 2. The van der Waals surface area contributed by atoms with Gasteiger partial charge < -0.3 is 0 Å². The number of para-hydroxylation sites is 1. The number of aromatic nitrogens is 3. The Bertz CT molecular complexity index is 484. The Kier molecular flexibility index (Phi) is 2.63. The van der Waals surface area contributed by atoms with E-state index in [0.717, 1.165) is 17.5 Å². The molecule has 0 unspecified atom stereocenters. The third kappa shape index (κ3) is 1.68. The lowest BCUT2D eigenvalue weighted by Crippen LogP contribution is -2.07. The number of nitrogens with zero attached hydrogens (tertiary/aromatic N) is 3. The smallest absolute Gasteiger partial charge is 0.113 e. The normalized spacial score (nSPS) is 12.5. The quantitative estimate of drug-likeness (QED) is 0.709. The molecule has 1 aromatic carbocycles. The predicted octanol–water partition coefficient (Wildman–Crippen LogP) is 2.73. The lowest BCUT2D eigenvalue weighted by atomic mass is 10.2. The van der Waals surface area contributed by atoms with Crippen molar-refractivity contribution in [2.45, 2.75) is 12.5 Å². The highest BCUT2D eigenvalue weighted by atomic mass is 15.4. The van der Waals surface area contributed by atoms with Gasteiger partial charge in [0.25, 0.3) is 0 Å². The van der Waals surface area contributed by atoms with E-state index >= 15 is 0 Å². The largest absolute Gasteiger partial charge is 0.237 e. The second-order valence-electron chi connectivity index (χ2n) is 3.35. The Hall–Kier alpha value is -1.90. The van der Waals surface area contributed by atoms with E-state index in [0.29, 0.717) is 0 Å². The molecule has 0 saturated heterocycles. The molecule has 0 amide bonds. The van der Waals surface area contributed by atoms with Crippen LogP contribution in [-0.2, 0) is 0 Å². The van der Waals surface area contributed by atoms with Gasteiger partial charge in [0.2, 0.25) is 0 Å². The first-order valence-electron chi connectivity index (χ1n) is 4.90. The fourth-order valence-electron chi connectivity index (χ4n) is 1.60. The topological polar surface area (TPSA) is 30.7 Å². The van der Waals surface area contributed by atoms with E-state index in [4.69, 9.17) is 0 Å². The van der Waals surface area contributed by atoms with Crippen molar-refractivity contribution in [2.75, 3.05) is 0 Å². The molecule has 2 rings (SSSR count). The van der Waals surface area contributed by atoms with Crippen molar-refractivity contribution in [3.05, 3.63) is 49.6 Å². The van der Waals surface area contributed by atoms with Crippen LogP contribution in [0.1, 0.15) is 12.5 Å². The summed E-state index contributed by atoms with van der Waals surface area (Å²) in [5.41, 5.74) is 1.94. The molecule has 1 atom stereocenters. The summed E-state index contributed by atoms with van der Waals surface area (Å²) < 4.78 is 1.88. The second-order valence-corrected chi connectivity index (χ2v) is 3.35. The summed E-state index contributed by atoms with van der Waals surface area (Å²) in [5, 5.41) is 8.23. The van der Waals surface area contributed by atoms with E-state index in [9.17, 15) is 0 Å². The lowest BCUT2D eigenvalue weighted by Gasteiger charge is -2.10. The van der Waals surface area contributed by atoms with Crippen molar-refractivity contribution >= 4 is 11.0 Å². The van der Waals surface area contributed by atoms with Gasteiger partial charge in [0.15, 0.2) is 0 Å². The van der Waals surface area contributed by atoms with Crippen molar-refractivity contribution in [3.63, 3.8) is 0 Å². The Morgan fingerprint density at radius 2 is 2.13 bits per heavy atom. The molecule has 76 valence electrons. The molecule has 0 fully saturated rings. The summed E-state index contributed by atoms with van der Waals surface area (Å²) in [5.74, 6) is 0. The van der Waals surface area contributed by atoms with Crippen LogP contribution < -0.4 is 0 Å². The van der Waals surface area contributed by atoms with Gasteiger partial charge in [-0.05, 0) is 18.6 Å². The monoisotopic (exact) mass is 199 g/mol. The van der Waals surface area contributed by atoms with Crippen LogP contribution in [0.15, 0.2) is 49.6 Å². The summed E-state index contributed by atoms with van der Waals surface area (Å²) in [7, 11) is 0. The standard InChI is InChI=1S/C12H13N3/c1-3-7-10(4-2)15-12-9-6-5-8-11(12)13-14-15/h3-6,8-10H,1-2,7H2/t10-/m1/s1. The second kappa shape index (κ2) is 4.09. The third-order valence-corrected chi connectivity index (χ3v) is 2.37. The first kappa shape index (κ1) is 9.65. The van der Waals surface area contributed by atoms with Crippen LogP contribution in [0.5, 0.6) is 0 Å². The van der Waals surface area contributed by atoms with Crippen molar-refractivity contribution < 1.29 is 0 Å². The Balaban J connectivity index is 2.50.